The Hall–Kier alpha value is -2.76. The van der Waals surface area contributed by atoms with Gasteiger partial charge in [0, 0.05) is 19.0 Å². The molecule has 1 aromatic carbocycles. The molecule has 188 valence electrons. The number of hydrogen-bond donors (Lipinski definition) is 2. The van der Waals surface area contributed by atoms with E-state index >= 15 is 0 Å². The van der Waals surface area contributed by atoms with E-state index in [1.165, 1.54) is 16.4 Å². The van der Waals surface area contributed by atoms with E-state index in [9.17, 15) is 18.3 Å². The first-order chi connectivity index (χ1) is 16.8. The number of rotatable bonds is 6. The third-order valence-corrected chi connectivity index (χ3v) is 8.79. The lowest BCUT2D eigenvalue weighted by molar-refractivity contribution is 0.108. The summed E-state index contributed by atoms with van der Waals surface area (Å²) in [6.45, 7) is 4.41. The number of piperidine rings is 1. The third-order valence-electron chi connectivity index (χ3n) is 6.92. The highest BCUT2D eigenvalue weighted by Crippen LogP contribution is 2.35. The molecule has 5 rings (SSSR count). The highest BCUT2D eigenvalue weighted by Gasteiger charge is 2.31. The van der Waals surface area contributed by atoms with E-state index in [0.29, 0.717) is 48.5 Å². The van der Waals surface area contributed by atoms with Crippen molar-refractivity contribution >= 4 is 15.5 Å². The average Bonchev–Trinajstić information content (AvgIpc) is 3.47. The van der Waals surface area contributed by atoms with Crippen molar-refractivity contribution in [3.8, 4) is 17.1 Å². The second kappa shape index (κ2) is 9.36. The van der Waals surface area contributed by atoms with Crippen LogP contribution in [-0.2, 0) is 10.0 Å². The molecule has 0 spiro atoms. The first-order valence-electron chi connectivity index (χ1n) is 12.2. The van der Waals surface area contributed by atoms with Crippen molar-refractivity contribution in [3.63, 3.8) is 0 Å². The molecule has 3 heterocycles. The topological polar surface area (TPSA) is 130 Å². The zero-order valence-corrected chi connectivity index (χ0v) is 20.8. The van der Waals surface area contributed by atoms with Gasteiger partial charge < -0.3 is 14.8 Å². The highest BCUT2D eigenvalue weighted by atomic mass is 32.2. The van der Waals surface area contributed by atoms with Gasteiger partial charge in [-0.05, 0) is 57.7 Å². The Morgan fingerprint density at radius 3 is 2.69 bits per heavy atom. The SMILES string of the molecule is CCOc1ccc(S(=O)(=O)N2CCCC(O)C2)cc1-c1nn2c(C3CCCC3)nc(C)c2c(=O)[nH]1. The number of nitrogens with zero attached hydrogens (tertiary/aromatic N) is 4. The molecule has 1 unspecified atom stereocenters. The number of hydrogen-bond acceptors (Lipinski definition) is 7. The maximum atomic E-state index is 13.4. The maximum Gasteiger partial charge on any atom is 0.277 e. The van der Waals surface area contributed by atoms with Gasteiger partial charge in [0.05, 0.1) is 28.9 Å². The standard InChI is InChI=1S/C24H31N5O5S/c1-3-34-20-11-10-18(35(32,33)28-12-6-9-17(30)14-28)13-19(20)22-26-24(31)21-15(2)25-23(29(21)27-22)16-7-4-5-8-16/h10-11,13,16-17,30H,3-9,12,14H2,1-2H3,(H,26,27,31). The normalized spacial score (nSPS) is 20.0. The van der Waals surface area contributed by atoms with Gasteiger partial charge >= 0.3 is 0 Å². The Morgan fingerprint density at radius 2 is 1.97 bits per heavy atom. The number of H-pyrrole nitrogens is 1. The van der Waals surface area contributed by atoms with Gasteiger partial charge in [0.25, 0.3) is 5.56 Å². The van der Waals surface area contributed by atoms with Crippen LogP contribution in [0.1, 0.15) is 62.9 Å². The Balaban J connectivity index is 1.65. The van der Waals surface area contributed by atoms with Gasteiger partial charge in [0.15, 0.2) is 11.3 Å². The molecule has 1 saturated carbocycles. The van der Waals surface area contributed by atoms with E-state index in [4.69, 9.17) is 9.84 Å². The number of benzene rings is 1. The molecule has 11 heteroatoms. The number of aliphatic hydroxyl groups excluding tert-OH is 1. The number of imidazole rings is 1. The molecular formula is C24H31N5O5S. The second-order valence-electron chi connectivity index (χ2n) is 9.35. The van der Waals surface area contributed by atoms with Crippen LogP contribution in [0, 0.1) is 6.92 Å². The minimum atomic E-state index is -3.85. The number of sulfonamides is 1. The smallest absolute Gasteiger partial charge is 0.277 e. The Bertz CT molecular complexity index is 1410. The lowest BCUT2D eigenvalue weighted by atomic mass is 10.1. The van der Waals surface area contributed by atoms with Crippen LogP contribution in [-0.4, -0.2) is 63.2 Å². The Labute approximate surface area is 204 Å². The first kappa shape index (κ1) is 24.0. The molecule has 3 aromatic rings. The highest BCUT2D eigenvalue weighted by molar-refractivity contribution is 7.89. The molecule has 0 bridgehead atoms. The Morgan fingerprint density at radius 1 is 1.20 bits per heavy atom. The lowest BCUT2D eigenvalue weighted by Crippen LogP contribution is -2.42. The molecule has 2 aromatic heterocycles. The summed E-state index contributed by atoms with van der Waals surface area (Å²) in [4.78, 5) is 20.7. The third kappa shape index (κ3) is 4.36. The molecule has 1 atom stereocenters. The summed E-state index contributed by atoms with van der Waals surface area (Å²) in [5, 5.41) is 14.7. The number of fused-ring (bicyclic) bond motifs is 1. The van der Waals surface area contributed by atoms with E-state index in [0.717, 1.165) is 31.5 Å². The fraction of sp³-hybridized carbons (Fsp3) is 0.542. The van der Waals surface area contributed by atoms with E-state index in [1.54, 1.807) is 17.5 Å². The number of aliphatic hydroxyl groups is 1. The lowest BCUT2D eigenvalue weighted by Gasteiger charge is -2.29. The van der Waals surface area contributed by atoms with Gasteiger partial charge in [-0.25, -0.2) is 17.9 Å². The largest absolute Gasteiger partial charge is 0.493 e. The molecular weight excluding hydrogens is 470 g/mol. The van der Waals surface area contributed by atoms with Gasteiger partial charge in [0.1, 0.15) is 11.6 Å². The molecule has 2 fully saturated rings. The van der Waals surface area contributed by atoms with Crippen LogP contribution in [0.2, 0.25) is 0 Å². The maximum absolute atomic E-state index is 13.4. The predicted octanol–water partition coefficient (Wildman–Crippen LogP) is 2.59. The summed E-state index contributed by atoms with van der Waals surface area (Å²) >= 11 is 0. The molecule has 1 saturated heterocycles. The van der Waals surface area contributed by atoms with Crippen molar-refractivity contribution in [2.45, 2.75) is 69.3 Å². The zero-order valence-electron chi connectivity index (χ0n) is 20.0. The van der Waals surface area contributed by atoms with Crippen molar-refractivity contribution in [3.05, 3.63) is 40.1 Å². The number of nitrogens with one attached hydrogen (secondary N) is 1. The van der Waals surface area contributed by atoms with Gasteiger partial charge in [-0.1, -0.05) is 12.8 Å². The molecule has 2 aliphatic rings. The molecule has 0 radical (unpaired) electrons. The first-order valence-corrected chi connectivity index (χ1v) is 13.7. The van der Waals surface area contributed by atoms with E-state index < -0.39 is 16.1 Å². The summed E-state index contributed by atoms with van der Waals surface area (Å²) in [6, 6.07) is 4.57. The van der Waals surface area contributed by atoms with Crippen molar-refractivity contribution in [1.29, 1.82) is 0 Å². The summed E-state index contributed by atoms with van der Waals surface area (Å²) in [5.41, 5.74) is 1.07. The number of ether oxygens (including phenoxy) is 1. The van der Waals surface area contributed by atoms with Crippen LogP contribution in [0.15, 0.2) is 27.9 Å². The molecule has 35 heavy (non-hydrogen) atoms. The summed E-state index contributed by atoms with van der Waals surface area (Å²) in [7, 11) is -3.85. The van der Waals surface area contributed by atoms with Crippen molar-refractivity contribution < 1.29 is 18.3 Å². The van der Waals surface area contributed by atoms with Gasteiger partial charge in [0.2, 0.25) is 10.0 Å². The fourth-order valence-corrected chi connectivity index (χ4v) is 6.73. The number of aryl methyl sites for hydroxylation is 1. The summed E-state index contributed by atoms with van der Waals surface area (Å²) in [6.07, 6.45) is 4.74. The number of β-amino-alcohol motifs (C(OH)–C–C–N with tert-alkyl or cyclic N) is 1. The van der Waals surface area contributed by atoms with Crippen LogP contribution in [0.5, 0.6) is 5.75 Å². The van der Waals surface area contributed by atoms with Crippen LogP contribution in [0.4, 0.5) is 0 Å². The number of aromatic amines is 1. The monoisotopic (exact) mass is 501 g/mol. The van der Waals surface area contributed by atoms with Gasteiger partial charge in [-0.3, -0.25) is 4.79 Å². The predicted molar refractivity (Wildman–Crippen MR) is 130 cm³/mol. The van der Waals surface area contributed by atoms with E-state index in [2.05, 4.69) is 9.97 Å². The molecule has 1 aliphatic heterocycles. The molecule has 0 amide bonds. The van der Waals surface area contributed by atoms with Crippen LogP contribution in [0.3, 0.4) is 0 Å². The van der Waals surface area contributed by atoms with Crippen LogP contribution < -0.4 is 10.3 Å². The Kier molecular flexibility index (Phi) is 6.41. The van der Waals surface area contributed by atoms with E-state index in [-0.39, 0.29) is 28.7 Å². The van der Waals surface area contributed by atoms with Crippen LogP contribution in [0.25, 0.3) is 16.9 Å². The molecule has 1 aliphatic carbocycles. The molecule has 10 nitrogen and oxygen atoms in total. The van der Waals surface area contributed by atoms with Crippen LogP contribution >= 0.6 is 0 Å². The fourth-order valence-electron chi connectivity index (χ4n) is 5.19. The quantitative estimate of drug-likeness (QED) is 0.531. The minimum Gasteiger partial charge on any atom is -0.493 e. The number of aromatic nitrogens is 4. The van der Waals surface area contributed by atoms with Crippen molar-refractivity contribution in [2.75, 3.05) is 19.7 Å². The van der Waals surface area contributed by atoms with Crippen molar-refractivity contribution in [2.24, 2.45) is 0 Å². The minimum absolute atomic E-state index is 0.0605. The van der Waals surface area contributed by atoms with Gasteiger partial charge in [-0.2, -0.15) is 4.31 Å². The average molecular weight is 502 g/mol. The van der Waals surface area contributed by atoms with Gasteiger partial charge in [-0.15, -0.1) is 5.10 Å². The van der Waals surface area contributed by atoms with E-state index in [1.807, 2.05) is 6.92 Å². The zero-order chi connectivity index (χ0) is 24.7. The molecule has 2 N–H and O–H groups in total. The second-order valence-corrected chi connectivity index (χ2v) is 11.3. The summed E-state index contributed by atoms with van der Waals surface area (Å²) in [5.74, 6) is 1.65. The summed E-state index contributed by atoms with van der Waals surface area (Å²) < 4.78 is 35.4. The van der Waals surface area contributed by atoms with Crippen molar-refractivity contribution in [1.82, 2.24) is 23.9 Å².